The normalized spacial score (nSPS) is 10.2. The van der Waals surface area contributed by atoms with Gasteiger partial charge in [-0.15, -0.1) is 0 Å². The van der Waals surface area contributed by atoms with Crippen molar-refractivity contribution in [3.63, 3.8) is 0 Å². The maximum Gasteiger partial charge on any atom is 0.319 e. The molecule has 0 unspecified atom stereocenters. The van der Waals surface area contributed by atoms with Gasteiger partial charge in [-0.1, -0.05) is 23.2 Å². The Labute approximate surface area is 162 Å². The standard InChI is InChI=1S/C18H20Cl2N2O4/c1-24-15-10-17(26-3)16(25-2)6-11(15)4-5-21-18(23)22-14-8-12(19)7-13(20)9-14/h6-10H,4-5H2,1-3H3,(H2,21,22,23). The Hall–Kier alpha value is -2.31. The first kappa shape index (κ1) is 20.0. The first-order chi connectivity index (χ1) is 12.5. The molecule has 0 aliphatic carbocycles. The van der Waals surface area contributed by atoms with Gasteiger partial charge in [0.2, 0.25) is 0 Å². The zero-order chi connectivity index (χ0) is 19.1. The quantitative estimate of drug-likeness (QED) is 0.725. The van der Waals surface area contributed by atoms with Crippen molar-refractivity contribution in [3.05, 3.63) is 45.9 Å². The number of urea groups is 1. The third kappa shape index (κ3) is 5.34. The van der Waals surface area contributed by atoms with E-state index < -0.39 is 0 Å². The first-order valence-corrected chi connectivity index (χ1v) is 8.52. The van der Waals surface area contributed by atoms with Gasteiger partial charge in [0.1, 0.15) is 5.75 Å². The largest absolute Gasteiger partial charge is 0.496 e. The SMILES string of the molecule is COc1cc(OC)c(OC)cc1CCNC(=O)Nc1cc(Cl)cc(Cl)c1. The molecule has 0 aromatic heterocycles. The molecule has 8 heteroatoms. The van der Waals surface area contributed by atoms with E-state index in [1.54, 1.807) is 45.6 Å². The van der Waals surface area contributed by atoms with Crippen LogP contribution < -0.4 is 24.8 Å². The summed E-state index contributed by atoms with van der Waals surface area (Å²) in [5.41, 5.74) is 1.40. The average molecular weight is 399 g/mol. The fourth-order valence-corrected chi connectivity index (χ4v) is 2.93. The van der Waals surface area contributed by atoms with Crippen LogP contribution in [0.2, 0.25) is 10.0 Å². The van der Waals surface area contributed by atoms with E-state index in [9.17, 15) is 4.79 Å². The Morgan fingerprint density at radius 3 is 2.04 bits per heavy atom. The van der Waals surface area contributed by atoms with Crippen molar-refractivity contribution in [1.82, 2.24) is 5.32 Å². The molecule has 2 amide bonds. The van der Waals surface area contributed by atoms with Crippen LogP contribution in [0.5, 0.6) is 17.2 Å². The van der Waals surface area contributed by atoms with Gasteiger partial charge in [0.25, 0.3) is 0 Å². The van der Waals surface area contributed by atoms with E-state index in [4.69, 9.17) is 37.4 Å². The highest BCUT2D eigenvalue weighted by Crippen LogP contribution is 2.34. The second kappa shape index (κ2) is 9.40. The minimum absolute atomic E-state index is 0.359. The molecule has 0 saturated carbocycles. The summed E-state index contributed by atoms with van der Waals surface area (Å²) in [4.78, 5) is 12.0. The van der Waals surface area contributed by atoms with Crippen LogP contribution in [0.3, 0.4) is 0 Å². The van der Waals surface area contributed by atoms with Crippen molar-refractivity contribution in [1.29, 1.82) is 0 Å². The van der Waals surface area contributed by atoms with Gasteiger partial charge in [-0.2, -0.15) is 0 Å². The summed E-state index contributed by atoms with van der Waals surface area (Å²) in [6.07, 6.45) is 0.549. The lowest BCUT2D eigenvalue weighted by Gasteiger charge is -2.14. The summed E-state index contributed by atoms with van der Waals surface area (Å²) in [6, 6.07) is 8.04. The Morgan fingerprint density at radius 1 is 0.885 bits per heavy atom. The second-order valence-corrected chi connectivity index (χ2v) is 6.18. The minimum Gasteiger partial charge on any atom is -0.496 e. The molecule has 0 fully saturated rings. The smallest absolute Gasteiger partial charge is 0.319 e. The van der Waals surface area contributed by atoms with E-state index in [1.165, 1.54) is 0 Å². The summed E-state index contributed by atoms with van der Waals surface area (Å²) in [7, 11) is 4.70. The maximum atomic E-state index is 12.0. The molecule has 0 saturated heterocycles. The van der Waals surface area contributed by atoms with E-state index in [0.717, 1.165) is 5.56 Å². The van der Waals surface area contributed by atoms with Crippen molar-refractivity contribution in [2.45, 2.75) is 6.42 Å². The topological polar surface area (TPSA) is 68.8 Å². The molecule has 0 spiro atoms. The number of amides is 2. The van der Waals surface area contributed by atoms with Crippen LogP contribution in [0.1, 0.15) is 5.56 Å². The number of benzene rings is 2. The molecule has 0 aliphatic heterocycles. The van der Waals surface area contributed by atoms with Crippen LogP contribution in [0, 0.1) is 0 Å². The fourth-order valence-electron chi connectivity index (χ4n) is 2.40. The van der Waals surface area contributed by atoms with Crippen LogP contribution in [-0.2, 0) is 6.42 Å². The maximum absolute atomic E-state index is 12.0. The molecule has 0 bridgehead atoms. The molecule has 2 aromatic rings. The molecule has 6 nitrogen and oxygen atoms in total. The second-order valence-electron chi connectivity index (χ2n) is 5.31. The summed E-state index contributed by atoms with van der Waals surface area (Å²) >= 11 is 11.8. The van der Waals surface area contributed by atoms with Gasteiger partial charge in [-0.25, -0.2) is 4.79 Å². The van der Waals surface area contributed by atoms with Gasteiger partial charge in [0, 0.05) is 28.3 Å². The van der Waals surface area contributed by atoms with E-state index in [2.05, 4.69) is 10.6 Å². The van der Waals surface area contributed by atoms with Crippen LogP contribution in [0.15, 0.2) is 30.3 Å². The van der Waals surface area contributed by atoms with Gasteiger partial charge < -0.3 is 24.8 Å². The van der Waals surface area contributed by atoms with E-state index in [1.807, 2.05) is 6.07 Å². The van der Waals surface area contributed by atoms with Gasteiger partial charge in [-0.3, -0.25) is 0 Å². The number of methoxy groups -OCH3 is 3. The van der Waals surface area contributed by atoms with Crippen molar-refractivity contribution in [3.8, 4) is 17.2 Å². The summed E-state index contributed by atoms with van der Waals surface area (Å²) in [5.74, 6) is 1.84. The van der Waals surface area contributed by atoms with Crippen LogP contribution >= 0.6 is 23.2 Å². The third-order valence-electron chi connectivity index (χ3n) is 3.59. The molecular formula is C18H20Cl2N2O4. The Kier molecular flexibility index (Phi) is 7.24. The van der Waals surface area contributed by atoms with Gasteiger partial charge in [0.15, 0.2) is 11.5 Å². The van der Waals surface area contributed by atoms with E-state index >= 15 is 0 Å². The van der Waals surface area contributed by atoms with E-state index in [-0.39, 0.29) is 6.03 Å². The molecule has 0 heterocycles. The highest BCUT2D eigenvalue weighted by Gasteiger charge is 2.12. The highest BCUT2D eigenvalue weighted by molar-refractivity contribution is 6.35. The molecule has 26 heavy (non-hydrogen) atoms. The van der Waals surface area contributed by atoms with Gasteiger partial charge in [0.05, 0.1) is 21.3 Å². The zero-order valence-electron chi connectivity index (χ0n) is 14.7. The number of carbonyl (C=O) groups excluding carboxylic acids is 1. The predicted octanol–water partition coefficient (Wildman–Crippen LogP) is 4.38. The van der Waals surface area contributed by atoms with Crippen molar-refractivity contribution < 1.29 is 19.0 Å². The first-order valence-electron chi connectivity index (χ1n) is 7.76. The van der Waals surface area contributed by atoms with Gasteiger partial charge in [-0.05, 0) is 36.2 Å². The molecule has 2 N–H and O–H groups in total. The lowest BCUT2D eigenvalue weighted by Crippen LogP contribution is -2.30. The molecule has 0 aliphatic rings. The predicted molar refractivity (Wildman–Crippen MR) is 103 cm³/mol. The number of hydrogen-bond acceptors (Lipinski definition) is 4. The minimum atomic E-state index is -0.359. The lowest BCUT2D eigenvalue weighted by molar-refractivity contribution is 0.252. The third-order valence-corrected chi connectivity index (χ3v) is 4.02. The van der Waals surface area contributed by atoms with Crippen molar-refractivity contribution >= 4 is 34.9 Å². The number of rotatable bonds is 7. The number of hydrogen-bond donors (Lipinski definition) is 2. The summed E-state index contributed by atoms with van der Waals surface area (Å²) in [5, 5.41) is 6.35. The zero-order valence-corrected chi connectivity index (χ0v) is 16.2. The lowest BCUT2D eigenvalue weighted by atomic mass is 10.1. The molecule has 0 atom stereocenters. The molecule has 0 radical (unpaired) electrons. The summed E-state index contributed by atoms with van der Waals surface area (Å²) < 4.78 is 15.9. The highest BCUT2D eigenvalue weighted by atomic mass is 35.5. The Balaban J connectivity index is 1.97. The van der Waals surface area contributed by atoms with E-state index in [0.29, 0.717) is 45.9 Å². The summed E-state index contributed by atoms with van der Waals surface area (Å²) in [6.45, 7) is 0.395. The van der Waals surface area contributed by atoms with Gasteiger partial charge >= 0.3 is 6.03 Å². The number of ether oxygens (including phenoxy) is 3. The molecular weight excluding hydrogens is 379 g/mol. The van der Waals surface area contributed by atoms with Crippen LogP contribution in [0.25, 0.3) is 0 Å². The number of anilines is 1. The average Bonchev–Trinajstić information content (AvgIpc) is 2.60. The number of carbonyl (C=O) groups is 1. The number of nitrogens with one attached hydrogen (secondary N) is 2. The van der Waals surface area contributed by atoms with Crippen LogP contribution in [0.4, 0.5) is 10.5 Å². The Bertz CT molecular complexity index is 764. The number of halogens is 2. The monoisotopic (exact) mass is 398 g/mol. The Morgan fingerprint density at radius 2 is 1.46 bits per heavy atom. The molecule has 2 rings (SSSR count). The van der Waals surface area contributed by atoms with Crippen molar-refractivity contribution in [2.75, 3.05) is 33.2 Å². The molecule has 2 aromatic carbocycles. The van der Waals surface area contributed by atoms with Crippen LogP contribution in [-0.4, -0.2) is 33.9 Å². The molecule has 140 valence electrons. The fraction of sp³-hybridized carbons (Fsp3) is 0.278. The van der Waals surface area contributed by atoms with Crippen molar-refractivity contribution in [2.24, 2.45) is 0 Å².